The number of hydrogen-bond acceptors (Lipinski definition) is 4. The highest BCUT2D eigenvalue weighted by Gasteiger charge is 2.40. The van der Waals surface area contributed by atoms with Gasteiger partial charge in [0.15, 0.2) is 0 Å². The van der Waals surface area contributed by atoms with Crippen LogP contribution in [0.4, 0.5) is 0 Å². The first kappa shape index (κ1) is 15.6. The fraction of sp³-hybridized carbons (Fsp3) is 0.938. The van der Waals surface area contributed by atoms with Crippen LogP contribution in [-0.2, 0) is 4.79 Å². The molecule has 1 amide bonds. The van der Waals surface area contributed by atoms with Gasteiger partial charge in [-0.25, -0.2) is 0 Å². The summed E-state index contributed by atoms with van der Waals surface area (Å²) in [4.78, 5) is 17.5. The van der Waals surface area contributed by atoms with E-state index in [0.717, 1.165) is 39.1 Å². The zero-order valence-electron chi connectivity index (χ0n) is 13.4. The molecule has 0 aromatic heterocycles. The lowest BCUT2D eigenvalue weighted by molar-refractivity contribution is -0.137. The quantitative estimate of drug-likeness (QED) is 0.836. The van der Waals surface area contributed by atoms with Crippen molar-refractivity contribution in [1.82, 2.24) is 15.1 Å². The van der Waals surface area contributed by atoms with Crippen LogP contribution in [0.15, 0.2) is 0 Å². The van der Waals surface area contributed by atoms with Crippen molar-refractivity contribution in [2.24, 2.45) is 5.41 Å². The Kier molecular flexibility index (Phi) is 4.81. The van der Waals surface area contributed by atoms with Gasteiger partial charge in [0.05, 0.1) is 6.04 Å². The predicted octanol–water partition coefficient (Wildman–Crippen LogP) is 1.41. The molecule has 0 saturated carbocycles. The van der Waals surface area contributed by atoms with Crippen LogP contribution in [-0.4, -0.2) is 72.0 Å². The Labute approximate surface area is 133 Å². The molecule has 21 heavy (non-hydrogen) atoms. The summed E-state index contributed by atoms with van der Waals surface area (Å²) >= 11 is 2.07. The van der Waals surface area contributed by atoms with Crippen LogP contribution in [0.5, 0.6) is 0 Å². The zero-order chi connectivity index (χ0) is 14.9. The Morgan fingerprint density at radius 2 is 2.00 bits per heavy atom. The maximum absolute atomic E-state index is 12.9. The number of nitrogens with one attached hydrogen (secondary N) is 1. The standard InChI is InChI=1S/C16H29N3OS/c1-16(2)10-13(11-21-12-16)19-7-3-4-14(19)15(20)18-8-5-17-6-9-18/h13-14,17H,3-12H2,1-2H3. The van der Waals surface area contributed by atoms with Crippen LogP contribution in [0.2, 0.25) is 0 Å². The number of likely N-dealkylation sites (tertiary alicyclic amines) is 1. The smallest absolute Gasteiger partial charge is 0.240 e. The van der Waals surface area contributed by atoms with Gasteiger partial charge in [-0.1, -0.05) is 13.8 Å². The second-order valence-corrected chi connectivity index (χ2v) is 8.54. The van der Waals surface area contributed by atoms with Crippen LogP contribution < -0.4 is 5.32 Å². The van der Waals surface area contributed by atoms with Crippen molar-refractivity contribution < 1.29 is 4.79 Å². The number of hydrogen-bond donors (Lipinski definition) is 1. The third kappa shape index (κ3) is 3.57. The Bertz CT molecular complexity index is 382. The highest BCUT2D eigenvalue weighted by Crippen LogP contribution is 2.38. The van der Waals surface area contributed by atoms with E-state index in [1.807, 2.05) is 0 Å². The summed E-state index contributed by atoms with van der Waals surface area (Å²) in [6.07, 6.45) is 3.49. The second-order valence-electron chi connectivity index (χ2n) is 7.51. The predicted molar refractivity (Wildman–Crippen MR) is 88.7 cm³/mol. The maximum Gasteiger partial charge on any atom is 0.240 e. The molecule has 3 saturated heterocycles. The molecule has 3 rings (SSSR count). The molecule has 2 unspecified atom stereocenters. The molecule has 120 valence electrons. The van der Waals surface area contributed by atoms with E-state index in [-0.39, 0.29) is 6.04 Å². The second kappa shape index (κ2) is 6.47. The lowest BCUT2D eigenvalue weighted by Gasteiger charge is -2.42. The molecular formula is C16H29N3OS. The lowest BCUT2D eigenvalue weighted by Crippen LogP contribution is -2.55. The molecule has 0 aromatic carbocycles. The fourth-order valence-corrected chi connectivity index (χ4v) is 5.40. The van der Waals surface area contributed by atoms with Gasteiger partial charge in [0.2, 0.25) is 5.91 Å². The van der Waals surface area contributed by atoms with Gasteiger partial charge in [-0.05, 0) is 37.0 Å². The summed E-state index contributed by atoms with van der Waals surface area (Å²) in [6, 6.07) is 0.751. The average molecular weight is 311 g/mol. The molecule has 0 radical (unpaired) electrons. The summed E-state index contributed by atoms with van der Waals surface area (Å²) in [6.45, 7) is 9.52. The van der Waals surface area contributed by atoms with Gasteiger partial charge in [0, 0.05) is 38.0 Å². The minimum atomic E-state index is 0.155. The molecule has 5 heteroatoms. The number of carbonyl (C=O) groups excluding carboxylic acids is 1. The van der Waals surface area contributed by atoms with Gasteiger partial charge >= 0.3 is 0 Å². The molecular weight excluding hydrogens is 282 g/mol. The normalized spacial score (nSPS) is 34.1. The summed E-state index contributed by atoms with van der Waals surface area (Å²) in [5.41, 5.74) is 0.415. The molecule has 4 nitrogen and oxygen atoms in total. The molecule has 0 aromatic rings. The third-order valence-corrected chi connectivity index (χ3v) is 6.67. The molecule has 3 heterocycles. The topological polar surface area (TPSA) is 35.6 Å². The van der Waals surface area contributed by atoms with E-state index in [1.54, 1.807) is 0 Å². The fourth-order valence-electron chi connectivity index (χ4n) is 4.03. The van der Waals surface area contributed by atoms with Crippen LogP contribution in [0.1, 0.15) is 33.1 Å². The van der Waals surface area contributed by atoms with Gasteiger partial charge < -0.3 is 10.2 Å². The highest BCUT2D eigenvalue weighted by atomic mass is 32.2. The molecule has 2 atom stereocenters. The first-order chi connectivity index (χ1) is 10.1. The molecule has 0 spiro atoms. The maximum atomic E-state index is 12.9. The third-order valence-electron chi connectivity index (χ3n) is 5.07. The van der Waals surface area contributed by atoms with Crippen LogP contribution in [0, 0.1) is 5.41 Å². The Hall–Kier alpha value is -0.260. The number of piperazine rings is 1. The number of thioether (sulfide) groups is 1. The molecule has 1 N–H and O–H groups in total. The molecule has 0 aliphatic carbocycles. The lowest BCUT2D eigenvalue weighted by atomic mass is 9.87. The Balaban J connectivity index is 1.65. The van der Waals surface area contributed by atoms with Crippen molar-refractivity contribution in [3.05, 3.63) is 0 Å². The van der Waals surface area contributed by atoms with Crippen LogP contribution >= 0.6 is 11.8 Å². The minimum Gasteiger partial charge on any atom is -0.339 e. The SMILES string of the molecule is CC1(C)CSCC(N2CCCC2C(=O)N2CCNCC2)C1. The average Bonchev–Trinajstić information content (AvgIpc) is 2.96. The first-order valence-corrected chi connectivity index (χ1v) is 9.55. The molecule has 3 aliphatic heterocycles. The van der Waals surface area contributed by atoms with Gasteiger partial charge in [-0.15, -0.1) is 0 Å². The molecule has 0 bridgehead atoms. The highest BCUT2D eigenvalue weighted by molar-refractivity contribution is 7.99. The van der Waals surface area contributed by atoms with E-state index in [4.69, 9.17) is 0 Å². The molecule has 3 fully saturated rings. The Morgan fingerprint density at radius 1 is 1.24 bits per heavy atom. The van der Waals surface area contributed by atoms with Crippen molar-refractivity contribution >= 4 is 17.7 Å². The summed E-state index contributed by atoms with van der Waals surface area (Å²) in [5.74, 6) is 2.85. The summed E-state index contributed by atoms with van der Waals surface area (Å²) in [7, 11) is 0. The number of nitrogens with zero attached hydrogens (tertiary/aromatic N) is 2. The van der Waals surface area contributed by atoms with E-state index in [9.17, 15) is 4.79 Å². The minimum absolute atomic E-state index is 0.155. The van der Waals surface area contributed by atoms with E-state index in [0.29, 0.717) is 17.4 Å². The van der Waals surface area contributed by atoms with Gasteiger partial charge in [0.25, 0.3) is 0 Å². The monoisotopic (exact) mass is 311 g/mol. The van der Waals surface area contributed by atoms with Crippen LogP contribution in [0.3, 0.4) is 0 Å². The van der Waals surface area contributed by atoms with Crippen molar-refractivity contribution in [1.29, 1.82) is 0 Å². The largest absolute Gasteiger partial charge is 0.339 e. The van der Waals surface area contributed by atoms with Crippen molar-refractivity contribution in [2.45, 2.75) is 45.2 Å². The molecule has 3 aliphatic rings. The van der Waals surface area contributed by atoms with E-state index in [2.05, 4.69) is 40.7 Å². The Morgan fingerprint density at radius 3 is 2.71 bits per heavy atom. The van der Waals surface area contributed by atoms with E-state index in [1.165, 1.54) is 24.3 Å². The van der Waals surface area contributed by atoms with Crippen molar-refractivity contribution in [2.75, 3.05) is 44.2 Å². The number of amides is 1. The van der Waals surface area contributed by atoms with Crippen LogP contribution in [0.25, 0.3) is 0 Å². The van der Waals surface area contributed by atoms with Gasteiger partial charge in [-0.2, -0.15) is 11.8 Å². The van der Waals surface area contributed by atoms with Crippen molar-refractivity contribution in [3.8, 4) is 0 Å². The van der Waals surface area contributed by atoms with Crippen molar-refractivity contribution in [3.63, 3.8) is 0 Å². The number of carbonyl (C=O) groups is 1. The van der Waals surface area contributed by atoms with E-state index >= 15 is 0 Å². The number of rotatable bonds is 2. The van der Waals surface area contributed by atoms with Gasteiger partial charge in [0.1, 0.15) is 0 Å². The van der Waals surface area contributed by atoms with Gasteiger partial charge in [-0.3, -0.25) is 9.69 Å². The summed E-state index contributed by atoms with van der Waals surface area (Å²) in [5, 5.41) is 3.33. The zero-order valence-corrected chi connectivity index (χ0v) is 14.3. The summed E-state index contributed by atoms with van der Waals surface area (Å²) < 4.78 is 0. The van der Waals surface area contributed by atoms with E-state index < -0.39 is 0 Å². The first-order valence-electron chi connectivity index (χ1n) is 8.40.